The molecule has 1 unspecified atom stereocenters. The number of nitrogens with one attached hydrogen (secondary N) is 3. The van der Waals surface area contributed by atoms with Crippen molar-refractivity contribution < 1.29 is 14.5 Å². The van der Waals surface area contributed by atoms with Gasteiger partial charge in [-0.25, -0.2) is 0 Å². The summed E-state index contributed by atoms with van der Waals surface area (Å²) in [4.78, 5) is 33.6. The van der Waals surface area contributed by atoms with Crippen LogP contribution in [0.3, 0.4) is 0 Å². The Balaban J connectivity index is 2.03. The van der Waals surface area contributed by atoms with Crippen molar-refractivity contribution in [1.82, 2.24) is 0 Å². The Labute approximate surface area is 154 Å². The van der Waals surface area contributed by atoms with Gasteiger partial charge in [0.15, 0.2) is 0 Å². The number of nitro groups is 1. The normalized spacial score (nSPS) is 11.3. The lowest BCUT2D eigenvalue weighted by Crippen LogP contribution is -2.31. The molecule has 1 atom stereocenters. The van der Waals surface area contributed by atoms with Crippen LogP contribution in [0.5, 0.6) is 0 Å². The van der Waals surface area contributed by atoms with Crippen LogP contribution in [0.2, 0.25) is 5.02 Å². The van der Waals surface area contributed by atoms with E-state index in [9.17, 15) is 19.7 Å². The Morgan fingerprint density at radius 2 is 1.85 bits per heavy atom. The molecule has 0 aliphatic rings. The van der Waals surface area contributed by atoms with Crippen molar-refractivity contribution in [1.29, 1.82) is 0 Å². The smallest absolute Gasteiger partial charge is 0.271 e. The highest BCUT2D eigenvalue weighted by atomic mass is 35.5. The van der Waals surface area contributed by atoms with Crippen molar-refractivity contribution in [3.05, 3.63) is 57.6 Å². The summed E-state index contributed by atoms with van der Waals surface area (Å²) in [6.07, 6.45) is 0. The van der Waals surface area contributed by atoms with E-state index in [-0.39, 0.29) is 17.5 Å². The fraction of sp³-hybridized carbons (Fsp3) is 0.176. The molecule has 0 saturated carbocycles. The monoisotopic (exact) mass is 376 g/mol. The molecule has 2 aromatic carbocycles. The second-order valence-electron chi connectivity index (χ2n) is 5.54. The van der Waals surface area contributed by atoms with Crippen LogP contribution in [0.25, 0.3) is 0 Å². The minimum atomic E-state index is -0.628. The summed E-state index contributed by atoms with van der Waals surface area (Å²) in [6.45, 7) is 3.02. The largest absolute Gasteiger partial charge is 0.374 e. The van der Waals surface area contributed by atoms with E-state index in [1.807, 2.05) is 0 Å². The van der Waals surface area contributed by atoms with Gasteiger partial charge < -0.3 is 16.0 Å². The van der Waals surface area contributed by atoms with Gasteiger partial charge in [0, 0.05) is 30.4 Å². The van der Waals surface area contributed by atoms with Gasteiger partial charge in [0.2, 0.25) is 11.8 Å². The lowest BCUT2D eigenvalue weighted by Gasteiger charge is -2.16. The lowest BCUT2D eigenvalue weighted by atomic mass is 10.2. The minimum Gasteiger partial charge on any atom is -0.374 e. The van der Waals surface area contributed by atoms with Crippen LogP contribution in [-0.2, 0) is 9.59 Å². The molecule has 0 aliphatic heterocycles. The van der Waals surface area contributed by atoms with E-state index in [0.717, 1.165) is 0 Å². The Hall–Kier alpha value is -3.13. The van der Waals surface area contributed by atoms with Crippen LogP contribution in [0.15, 0.2) is 42.5 Å². The molecule has 8 nitrogen and oxygen atoms in total. The number of amides is 2. The van der Waals surface area contributed by atoms with Crippen molar-refractivity contribution in [3.8, 4) is 0 Å². The number of nitro benzene ring substituents is 1. The molecule has 26 heavy (non-hydrogen) atoms. The van der Waals surface area contributed by atoms with E-state index in [0.29, 0.717) is 22.1 Å². The molecule has 0 fully saturated rings. The fourth-order valence-electron chi connectivity index (χ4n) is 2.16. The molecular weight excluding hydrogens is 360 g/mol. The number of rotatable bonds is 6. The van der Waals surface area contributed by atoms with E-state index in [2.05, 4.69) is 16.0 Å². The van der Waals surface area contributed by atoms with Gasteiger partial charge in [-0.3, -0.25) is 19.7 Å². The van der Waals surface area contributed by atoms with Crippen LogP contribution in [0.1, 0.15) is 13.8 Å². The molecule has 136 valence electrons. The van der Waals surface area contributed by atoms with Gasteiger partial charge in [0.25, 0.3) is 5.69 Å². The zero-order valence-corrected chi connectivity index (χ0v) is 14.8. The molecule has 3 N–H and O–H groups in total. The maximum absolute atomic E-state index is 12.3. The Morgan fingerprint density at radius 1 is 1.12 bits per heavy atom. The average molecular weight is 377 g/mol. The summed E-state index contributed by atoms with van der Waals surface area (Å²) >= 11 is 6.09. The van der Waals surface area contributed by atoms with E-state index < -0.39 is 11.0 Å². The van der Waals surface area contributed by atoms with Gasteiger partial charge in [-0.2, -0.15) is 0 Å². The highest BCUT2D eigenvalue weighted by molar-refractivity contribution is 6.34. The standard InChI is InChI=1S/C17H17ClN4O4/c1-10(17(24)21-12-4-3-5-14(8-12)22(25)26)19-13-6-7-16(15(18)9-13)20-11(2)23/h3-10,19H,1-2H3,(H,20,23)(H,21,24). The molecule has 0 aliphatic carbocycles. The Kier molecular flexibility index (Phi) is 6.13. The quantitative estimate of drug-likeness (QED) is 0.526. The number of nitrogens with zero attached hydrogens (tertiary/aromatic N) is 1. The summed E-state index contributed by atoms with van der Waals surface area (Å²) in [5.74, 6) is -0.607. The lowest BCUT2D eigenvalue weighted by molar-refractivity contribution is -0.384. The highest BCUT2D eigenvalue weighted by Crippen LogP contribution is 2.26. The number of benzene rings is 2. The topological polar surface area (TPSA) is 113 Å². The summed E-state index contributed by atoms with van der Waals surface area (Å²) in [5, 5.41) is 19.3. The number of hydrogen-bond acceptors (Lipinski definition) is 5. The molecule has 9 heteroatoms. The first-order valence-electron chi connectivity index (χ1n) is 7.65. The van der Waals surface area contributed by atoms with Gasteiger partial charge in [0.05, 0.1) is 15.6 Å². The minimum absolute atomic E-state index is 0.108. The van der Waals surface area contributed by atoms with E-state index in [1.54, 1.807) is 31.2 Å². The molecule has 2 aromatic rings. The molecule has 0 radical (unpaired) electrons. The Bertz CT molecular complexity index is 856. The summed E-state index contributed by atoms with van der Waals surface area (Å²) in [7, 11) is 0. The van der Waals surface area contributed by atoms with E-state index >= 15 is 0 Å². The first kappa shape index (κ1) is 19.2. The van der Waals surface area contributed by atoms with Crippen LogP contribution in [0, 0.1) is 10.1 Å². The van der Waals surface area contributed by atoms with Gasteiger partial charge in [-0.15, -0.1) is 0 Å². The summed E-state index contributed by atoms with van der Waals surface area (Å²) in [6, 6.07) is 9.94. The zero-order chi connectivity index (χ0) is 19.3. The molecule has 0 spiro atoms. The number of anilines is 3. The maximum Gasteiger partial charge on any atom is 0.271 e. The molecule has 2 amide bonds. The van der Waals surface area contributed by atoms with Crippen LogP contribution in [0.4, 0.5) is 22.7 Å². The SMILES string of the molecule is CC(=O)Nc1ccc(NC(C)C(=O)Nc2cccc([N+](=O)[O-])c2)cc1Cl. The molecule has 0 saturated heterocycles. The van der Waals surface area contributed by atoms with E-state index in [4.69, 9.17) is 11.6 Å². The third-order valence-electron chi connectivity index (χ3n) is 3.38. The maximum atomic E-state index is 12.3. The van der Waals surface area contributed by atoms with Crippen molar-refractivity contribution in [3.63, 3.8) is 0 Å². The van der Waals surface area contributed by atoms with Crippen molar-refractivity contribution >= 4 is 46.2 Å². The third kappa shape index (κ3) is 5.18. The first-order valence-corrected chi connectivity index (χ1v) is 8.03. The second-order valence-corrected chi connectivity index (χ2v) is 5.95. The average Bonchev–Trinajstić information content (AvgIpc) is 2.57. The van der Waals surface area contributed by atoms with Gasteiger partial charge in [-0.05, 0) is 31.2 Å². The fourth-order valence-corrected chi connectivity index (χ4v) is 2.39. The van der Waals surface area contributed by atoms with Gasteiger partial charge in [-0.1, -0.05) is 17.7 Å². The highest BCUT2D eigenvalue weighted by Gasteiger charge is 2.15. The summed E-state index contributed by atoms with van der Waals surface area (Å²) in [5.41, 5.74) is 1.28. The van der Waals surface area contributed by atoms with Crippen LogP contribution in [-0.4, -0.2) is 22.8 Å². The molecule has 0 aromatic heterocycles. The van der Waals surface area contributed by atoms with E-state index in [1.165, 1.54) is 25.1 Å². The molecule has 2 rings (SSSR count). The van der Waals surface area contributed by atoms with Crippen molar-refractivity contribution in [2.75, 3.05) is 16.0 Å². The van der Waals surface area contributed by atoms with Crippen LogP contribution < -0.4 is 16.0 Å². The van der Waals surface area contributed by atoms with Crippen molar-refractivity contribution in [2.24, 2.45) is 0 Å². The zero-order valence-electron chi connectivity index (χ0n) is 14.1. The molecule has 0 heterocycles. The van der Waals surface area contributed by atoms with Gasteiger partial charge >= 0.3 is 0 Å². The number of hydrogen-bond donors (Lipinski definition) is 3. The summed E-state index contributed by atoms with van der Waals surface area (Å²) < 4.78 is 0. The second kappa shape index (κ2) is 8.30. The molecule has 0 bridgehead atoms. The van der Waals surface area contributed by atoms with Gasteiger partial charge in [0.1, 0.15) is 6.04 Å². The predicted molar refractivity (Wildman–Crippen MR) is 101 cm³/mol. The third-order valence-corrected chi connectivity index (χ3v) is 3.69. The first-order chi connectivity index (χ1) is 12.3. The number of carbonyl (C=O) groups is 2. The molecular formula is C17H17ClN4O4. The number of carbonyl (C=O) groups excluding carboxylic acids is 2. The number of halogens is 1. The van der Waals surface area contributed by atoms with Crippen LogP contribution >= 0.6 is 11.6 Å². The predicted octanol–water partition coefficient (Wildman–Crippen LogP) is 3.65. The number of non-ortho nitro benzene ring substituents is 1. The Morgan fingerprint density at radius 3 is 2.46 bits per heavy atom. The van der Waals surface area contributed by atoms with Crippen molar-refractivity contribution in [2.45, 2.75) is 19.9 Å².